The Morgan fingerprint density at radius 2 is 1.38 bits per heavy atom. The van der Waals surface area contributed by atoms with Crippen molar-refractivity contribution in [2.24, 2.45) is 0 Å². The fourth-order valence-corrected chi connectivity index (χ4v) is 3.32. The van der Waals surface area contributed by atoms with E-state index in [1.165, 1.54) is 48.7 Å². The lowest BCUT2D eigenvalue weighted by Gasteiger charge is -2.26. The number of hydrogen-bond donors (Lipinski definition) is 2. The first kappa shape index (κ1) is 22.4. The number of fused-ring (bicyclic) bond motifs is 1. The first-order valence-electron chi connectivity index (χ1n) is 8.84. The summed E-state index contributed by atoms with van der Waals surface area (Å²) in [6.45, 7) is 1.69. The van der Waals surface area contributed by atoms with E-state index in [2.05, 4.69) is 0 Å². The van der Waals surface area contributed by atoms with E-state index >= 15 is 0 Å². The van der Waals surface area contributed by atoms with Crippen LogP contribution >= 0.6 is 0 Å². The minimum Gasteiger partial charge on any atom is -0.493 e. The van der Waals surface area contributed by atoms with Crippen molar-refractivity contribution in [3.8, 4) is 17.2 Å². The summed E-state index contributed by atoms with van der Waals surface area (Å²) >= 11 is 0. The summed E-state index contributed by atoms with van der Waals surface area (Å²) < 4.78 is 32.8. The van der Waals surface area contributed by atoms with Gasteiger partial charge in [0.05, 0.1) is 48.8 Å². The molecule has 0 aliphatic heterocycles. The summed E-state index contributed by atoms with van der Waals surface area (Å²) in [5.41, 5.74) is 1.13. The first-order chi connectivity index (χ1) is 13.9. The molecule has 0 bridgehead atoms. The number of allylic oxidation sites excluding steroid dienone is 1. The molecule has 2 N–H and O–H groups in total. The quantitative estimate of drug-likeness (QED) is 0.742. The molecule has 8 heteroatoms. The van der Waals surface area contributed by atoms with Crippen LogP contribution in [0.1, 0.15) is 30.3 Å². The second-order valence-corrected chi connectivity index (χ2v) is 6.17. The van der Waals surface area contributed by atoms with Gasteiger partial charge < -0.3 is 38.6 Å². The molecule has 0 amide bonds. The minimum absolute atomic E-state index is 0.243. The molecule has 0 aromatic heterocycles. The van der Waals surface area contributed by atoms with Crippen LogP contribution in [0.2, 0.25) is 0 Å². The van der Waals surface area contributed by atoms with Crippen LogP contribution in [0.25, 0.3) is 0 Å². The van der Waals surface area contributed by atoms with Crippen molar-refractivity contribution in [2.75, 3.05) is 42.7 Å². The van der Waals surface area contributed by atoms with Gasteiger partial charge in [0.2, 0.25) is 11.5 Å². The maximum Gasteiger partial charge on any atom is 0.203 e. The number of hydrogen-bond acceptors (Lipinski definition) is 8. The lowest BCUT2D eigenvalue weighted by molar-refractivity contribution is 0.161. The summed E-state index contributed by atoms with van der Waals surface area (Å²) in [6, 6.07) is 1.60. The zero-order valence-corrected chi connectivity index (χ0v) is 17.7. The Bertz CT molecular complexity index is 838. The SMILES string of the molecule is COC1=C(OC)/C(OC)=C(\C)C(O)c2c(cc(OC)c(OC)c2OC)C(O)C=C1. The average Bonchev–Trinajstić information content (AvgIpc) is 2.75. The Hall–Kier alpha value is -2.84. The number of benzene rings is 1. The Morgan fingerprint density at radius 3 is 1.86 bits per heavy atom. The maximum atomic E-state index is 11.3. The Morgan fingerprint density at radius 1 is 0.759 bits per heavy atom. The third-order valence-corrected chi connectivity index (χ3v) is 4.75. The Labute approximate surface area is 170 Å². The third kappa shape index (κ3) is 3.99. The van der Waals surface area contributed by atoms with Crippen LogP contribution in [-0.4, -0.2) is 52.9 Å². The van der Waals surface area contributed by atoms with Crippen molar-refractivity contribution in [1.29, 1.82) is 0 Å². The molecule has 0 spiro atoms. The van der Waals surface area contributed by atoms with E-state index in [1.807, 2.05) is 0 Å². The molecular weight excluding hydrogens is 380 g/mol. The topological polar surface area (TPSA) is 95.8 Å². The molecule has 1 aromatic rings. The zero-order valence-electron chi connectivity index (χ0n) is 17.7. The molecule has 1 aromatic carbocycles. The monoisotopic (exact) mass is 408 g/mol. The summed E-state index contributed by atoms with van der Waals surface area (Å²) in [7, 11) is 8.80. The fourth-order valence-electron chi connectivity index (χ4n) is 3.32. The molecule has 0 heterocycles. The van der Waals surface area contributed by atoms with Crippen molar-refractivity contribution in [2.45, 2.75) is 19.1 Å². The predicted molar refractivity (Wildman–Crippen MR) is 106 cm³/mol. The van der Waals surface area contributed by atoms with Crippen LogP contribution in [0.5, 0.6) is 17.2 Å². The van der Waals surface area contributed by atoms with E-state index in [0.29, 0.717) is 39.7 Å². The molecule has 2 atom stereocenters. The average molecular weight is 408 g/mol. The predicted octanol–water partition coefficient (Wildman–Crippen LogP) is 2.77. The van der Waals surface area contributed by atoms with Gasteiger partial charge in [-0.1, -0.05) is 0 Å². The van der Waals surface area contributed by atoms with E-state index in [-0.39, 0.29) is 11.5 Å². The minimum atomic E-state index is -1.21. The summed E-state index contributed by atoms with van der Waals surface area (Å²) in [4.78, 5) is 0. The van der Waals surface area contributed by atoms with E-state index in [9.17, 15) is 10.2 Å². The molecule has 1 aliphatic carbocycles. The van der Waals surface area contributed by atoms with Crippen LogP contribution in [0.3, 0.4) is 0 Å². The number of methoxy groups -OCH3 is 6. The van der Waals surface area contributed by atoms with Gasteiger partial charge in [-0.3, -0.25) is 0 Å². The van der Waals surface area contributed by atoms with Gasteiger partial charge in [-0.2, -0.15) is 0 Å². The highest BCUT2D eigenvalue weighted by Crippen LogP contribution is 2.48. The van der Waals surface area contributed by atoms with Crippen LogP contribution in [0, 0.1) is 0 Å². The van der Waals surface area contributed by atoms with Crippen LogP contribution < -0.4 is 14.2 Å². The van der Waals surface area contributed by atoms with Gasteiger partial charge in [0, 0.05) is 11.1 Å². The summed E-state index contributed by atoms with van der Waals surface area (Å²) in [5.74, 6) is 1.79. The van der Waals surface area contributed by atoms with Crippen molar-refractivity contribution in [3.05, 3.63) is 52.2 Å². The molecular formula is C21H28O8. The second kappa shape index (κ2) is 9.58. The van der Waals surface area contributed by atoms with E-state index in [0.717, 1.165) is 0 Å². The van der Waals surface area contributed by atoms with Crippen molar-refractivity contribution in [1.82, 2.24) is 0 Å². The molecule has 160 valence electrons. The Balaban J connectivity index is 2.96. The number of aliphatic hydroxyl groups excluding tert-OH is 2. The highest BCUT2D eigenvalue weighted by atomic mass is 16.5. The first-order valence-corrected chi connectivity index (χ1v) is 8.84. The molecule has 2 rings (SSSR count). The van der Waals surface area contributed by atoms with Crippen LogP contribution in [0.15, 0.2) is 41.1 Å². The number of rotatable bonds is 6. The molecule has 2 unspecified atom stereocenters. The third-order valence-electron chi connectivity index (χ3n) is 4.75. The molecule has 8 nitrogen and oxygen atoms in total. The lowest BCUT2D eigenvalue weighted by atomic mass is 9.90. The normalized spacial score (nSPS) is 22.0. The highest BCUT2D eigenvalue weighted by molar-refractivity contribution is 5.62. The van der Waals surface area contributed by atoms with Gasteiger partial charge in [0.25, 0.3) is 0 Å². The number of aliphatic hydroxyl groups is 2. The number of ether oxygens (including phenoxy) is 6. The van der Waals surface area contributed by atoms with Crippen molar-refractivity contribution in [3.63, 3.8) is 0 Å². The van der Waals surface area contributed by atoms with Crippen LogP contribution in [-0.2, 0) is 14.2 Å². The zero-order chi connectivity index (χ0) is 21.7. The maximum absolute atomic E-state index is 11.3. The van der Waals surface area contributed by atoms with Crippen LogP contribution in [0.4, 0.5) is 0 Å². The van der Waals surface area contributed by atoms with Gasteiger partial charge in [-0.05, 0) is 30.7 Å². The smallest absolute Gasteiger partial charge is 0.203 e. The highest BCUT2D eigenvalue weighted by Gasteiger charge is 2.32. The van der Waals surface area contributed by atoms with Gasteiger partial charge in [-0.15, -0.1) is 0 Å². The molecule has 0 saturated heterocycles. The van der Waals surface area contributed by atoms with Gasteiger partial charge >= 0.3 is 0 Å². The Kier molecular flexibility index (Phi) is 7.41. The lowest BCUT2D eigenvalue weighted by Crippen LogP contribution is -2.15. The van der Waals surface area contributed by atoms with Gasteiger partial charge in [0.1, 0.15) is 6.10 Å². The second-order valence-electron chi connectivity index (χ2n) is 6.17. The summed E-state index contributed by atoms with van der Waals surface area (Å²) in [5, 5.41) is 22.1. The van der Waals surface area contributed by atoms with Gasteiger partial charge in [0.15, 0.2) is 23.0 Å². The molecule has 1 aliphatic rings. The van der Waals surface area contributed by atoms with E-state index < -0.39 is 12.2 Å². The standard InChI is InChI=1S/C21H28O8/c1-11-17(23)16-12(10-15(25-3)20(28-6)21(16)29-7)13(22)8-9-14(24-2)19(27-5)18(11)26-4/h8-10,13,17,22-23H,1-7H3/b9-8?,18-11-,19-14?. The fraction of sp³-hybridized carbons (Fsp3) is 0.429. The van der Waals surface area contributed by atoms with E-state index in [1.54, 1.807) is 19.1 Å². The summed E-state index contributed by atoms with van der Waals surface area (Å²) in [6.07, 6.45) is 0.760. The van der Waals surface area contributed by atoms with E-state index in [4.69, 9.17) is 28.4 Å². The van der Waals surface area contributed by atoms with Gasteiger partial charge in [-0.25, -0.2) is 0 Å². The molecule has 0 radical (unpaired) electrons. The van der Waals surface area contributed by atoms with Crippen molar-refractivity contribution < 1.29 is 38.6 Å². The van der Waals surface area contributed by atoms with Crippen molar-refractivity contribution >= 4 is 0 Å². The molecule has 29 heavy (non-hydrogen) atoms. The molecule has 0 saturated carbocycles. The largest absolute Gasteiger partial charge is 0.493 e. The molecule has 0 fully saturated rings.